The van der Waals surface area contributed by atoms with Crippen LogP contribution < -0.4 is 10.6 Å². The van der Waals surface area contributed by atoms with E-state index in [1.54, 1.807) is 36.7 Å². The van der Waals surface area contributed by atoms with Crippen molar-refractivity contribution in [3.8, 4) is 0 Å². The fourth-order valence-corrected chi connectivity index (χ4v) is 3.01. The van der Waals surface area contributed by atoms with Crippen LogP contribution in [-0.2, 0) is 0 Å². The number of nitrogens with one attached hydrogen (secondary N) is 2. The van der Waals surface area contributed by atoms with E-state index in [0.717, 1.165) is 19.3 Å². The van der Waals surface area contributed by atoms with E-state index >= 15 is 0 Å². The summed E-state index contributed by atoms with van der Waals surface area (Å²) >= 11 is 0. The van der Waals surface area contributed by atoms with Crippen LogP contribution in [0.2, 0.25) is 0 Å². The molecule has 1 aliphatic heterocycles. The molecule has 0 radical (unpaired) electrons. The Morgan fingerprint density at radius 1 is 1.12 bits per heavy atom. The number of benzene rings is 1. The van der Waals surface area contributed by atoms with Crippen molar-refractivity contribution in [2.24, 2.45) is 0 Å². The van der Waals surface area contributed by atoms with Gasteiger partial charge in [-0.15, -0.1) is 0 Å². The van der Waals surface area contributed by atoms with Gasteiger partial charge in [0.2, 0.25) is 0 Å². The number of piperidine rings is 1. The monoisotopic (exact) mass is 338 g/mol. The molecule has 1 fully saturated rings. The van der Waals surface area contributed by atoms with Gasteiger partial charge < -0.3 is 15.5 Å². The normalized spacial score (nSPS) is 17.0. The van der Waals surface area contributed by atoms with Gasteiger partial charge in [0.15, 0.2) is 0 Å². The van der Waals surface area contributed by atoms with Gasteiger partial charge >= 0.3 is 6.03 Å². The molecular formula is C19H22N4O2. The molecule has 1 saturated heterocycles. The van der Waals surface area contributed by atoms with Gasteiger partial charge in [-0.3, -0.25) is 9.78 Å². The minimum Gasteiger partial charge on any atom is -0.350 e. The lowest BCUT2D eigenvalue weighted by Gasteiger charge is -2.35. The average molecular weight is 338 g/mol. The minimum atomic E-state index is -0.147. The Balaban J connectivity index is 1.59. The minimum absolute atomic E-state index is 0.00177. The number of carbonyl (C=O) groups excluding carboxylic acids is 2. The summed E-state index contributed by atoms with van der Waals surface area (Å²) < 4.78 is 0. The molecule has 0 spiro atoms. The quantitative estimate of drug-likeness (QED) is 0.900. The first-order chi connectivity index (χ1) is 12.2. The molecule has 0 saturated carbocycles. The number of likely N-dealkylation sites (tertiary alicyclic amines) is 1. The van der Waals surface area contributed by atoms with E-state index in [1.165, 1.54) is 0 Å². The zero-order valence-corrected chi connectivity index (χ0v) is 14.0. The lowest BCUT2D eigenvalue weighted by atomic mass is 10.0. The third kappa shape index (κ3) is 4.56. The average Bonchev–Trinajstić information content (AvgIpc) is 2.68. The highest BCUT2D eigenvalue weighted by molar-refractivity contribution is 5.94. The number of aromatic nitrogens is 1. The predicted octanol–water partition coefficient (Wildman–Crippen LogP) is 2.90. The van der Waals surface area contributed by atoms with E-state index in [2.05, 4.69) is 15.6 Å². The third-order valence-electron chi connectivity index (χ3n) is 4.34. The van der Waals surface area contributed by atoms with Crippen LogP contribution in [0, 0.1) is 0 Å². The summed E-state index contributed by atoms with van der Waals surface area (Å²) in [5, 5.41) is 5.82. The largest absolute Gasteiger partial charge is 0.350 e. The summed E-state index contributed by atoms with van der Waals surface area (Å²) in [6.45, 7) is 1.14. The lowest BCUT2D eigenvalue weighted by molar-refractivity contribution is 0.0929. The van der Waals surface area contributed by atoms with Crippen molar-refractivity contribution in [3.63, 3.8) is 0 Å². The molecule has 25 heavy (non-hydrogen) atoms. The van der Waals surface area contributed by atoms with Gasteiger partial charge in [0, 0.05) is 24.8 Å². The zero-order chi connectivity index (χ0) is 17.5. The smallest absolute Gasteiger partial charge is 0.322 e. The molecule has 130 valence electrons. The highest BCUT2D eigenvalue weighted by atomic mass is 16.2. The number of anilines is 1. The van der Waals surface area contributed by atoms with Crippen molar-refractivity contribution in [2.75, 3.05) is 18.4 Å². The van der Waals surface area contributed by atoms with Gasteiger partial charge in [0.25, 0.3) is 5.91 Å². The molecule has 0 aliphatic carbocycles. The molecule has 3 rings (SSSR count). The van der Waals surface area contributed by atoms with Crippen LogP contribution in [0.25, 0.3) is 0 Å². The first-order valence-electron chi connectivity index (χ1n) is 8.55. The second kappa shape index (κ2) is 8.28. The van der Waals surface area contributed by atoms with Crippen molar-refractivity contribution in [1.29, 1.82) is 0 Å². The first-order valence-corrected chi connectivity index (χ1v) is 8.55. The van der Waals surface area contributed by atoms with Gasteiger partial charge in [-0.2, -0.15) is 0 Å². The molecule has 6 heteroatoms. The Morgan fingerprint density at radius 3 is 2.72 bits per heavy atom. The van der Waals surface area contributed by atoms with E-state index in [1.807, 2.05) is 23.1 Å². The molecular weight excluding hydrogens is 316 g/mol. The van der Waals surface area contributed by atoms with Crippen LogP contribution in [0.5, 0.6) is 0 Å². The van der Waals surface area contributed by atoms with Crippen molar-refractivity contribution in [3.05, 3.63) is 60.4 Å². The van der Waals surface area contributed by atoms with Crippen LogP contribution in [0.1, 0.15) is 29.6 Å². The third-order valence-corrected chi connectivity index (χ3v) is 4.34. The Kier molecular flexibility index (Phi) is 5.61. The molecule has 2 N–H and O–H groups in total. The highest BCUT2D eigenvalue weighted by Crippen LogP contribution is 2.18. The van der Waals surface area contributed by atoms with Crippen molar-refractivity contribution in [2.45, 2.75) is 25.3 Å². The van der Waals surface area contributed by atoms with E-state index in [-0.39, 0.29) is 18.0 Å². The molecule has 1 aromatic carbocycles. The van der Waals surface area contributed by atoms with Crippen LogP contribution in [0.15, 0.2) is 54.9 Å². The maximum atomic E-state index is 12.6. The SMILES string of the molecule is O=C(NCC1CCCCN1C(=O)Nc1cccnc1)c1ccccc1. The molecule has 1 unspecified atom stereocenters. The van der Waals surface area contributed by atoms with Crippen LogP contribution in [0.3, 0.4) is 0 Å². The van der Waals surface area contributed by atoms with Gasteiger partial charge in [-0.05, 0) is 43.5 Å². The fraction of sp³-hybridized carbons (Fsp3) is 0.316. The number of carbonyl (C=O) groups is 2. The van der Waals surface area contributed by atoms with Gasteiger partial charge in [-0.25, -0.2) is 4.79 Å². The van der Waals surface area contributed by atoms with Crippen LogP contribution in [0.4, 0.5) is 10.5 Å². The zero-order valence-electron chi connectivity index (χ0n) is 14.0. The second-order valence-electron chi connectivity index (χ2n) is 6.09. The molecule has 1 atom stereocenters. The topological polar surface area (TPSA) is 74.3 Å². The number of nitrogens with zero attached hydrogens (tertiary/aromatic N) is 2. The Morgan fingerprint density at radius 2 is 1.96 bits per heavy atom. The molecule has 0 bridgehead atoms. The van der Waals surface area contributed by atoms with Crippen molar-refractivity contribution >= 4 is 17.6 Å². The number of hydrogen-bond donors (Lipinski definition) is 2. The molecule has 1 aromatic heterocycles. The standard InChI is InChI=1S/C19H22N4O2/c24-18(15-7-2-1-3-8-15)21-14-17-10-4-5-12-23(17)19(25)22-16-9-6-11-20-13-16/h1-3,6-9,11,13,17H,4-5,10,12,14H2,(H,21,24)(H,22,25). The van der Waals surface area contributed by atoms with E-state index < -0.39 is 0 Å². The summed E-state index contributed by atoms with van der Waals surface area (Å²) in [7, 11) is 0. The summed E-state index contributed by atoms with van der Waals surface area (Å²) in [5.74, 6) is -0.112. The van der Waals surface area contributed by atoms with Crippen molar-refractivity contribution < 1.29 is 9.59 Å². The number of pyridine rings is 1. The summed E-state index contributed by atoms with van der Waals surface area (Å²) in [6.07, 6.45) is 6.20. The van der Waals surface area contributed by atoms with E-state index in [9.17, 15) is 9.59 Å². The maximum Gasteiger partial charge on any atom is 0.322 e. The molecule has 6 nitrogen and oxygen atoms in total. The molecule has 2 aromatic rings. The lowest BCUT2D eigenvalue weighted by Crippen LogP contribution is -2.50. The highest BCUT2D eigenvalue weighted by Gasteiger charge is 2.27. The van der Waals surface area contributed by atoms with Crippen molar-refractivity contribution in [1.82, 2.24) is 15.2 Å². The number of urea groups is 1. The Hall–Kier alpha value is -2.89. The summed E-state index contributed by atoms with van der Waals surface area (Å²) in [6, 6.07) is 12.6. The number of rotatable bonds is 4. The van der Waals surface area contributed by atoms with Gasteiger partial charge in [0.1, 0.15) is 0 Å². The maximum absolute atomic E-state index is 12.6. The second-order valence-corrected chi connectivity index (χ2v) is 6.09. The molecule has 2 heterocycles. The fourth-order valence-electron chi connectivity index (χ4n) is 3.01. The Labute approximate surface area is 147 Å². The van der Waals surface area contributed by atoms with E-state index in [4.69, 9.17) is 0 Å². The number of hydrogen-bond acceptors (Lipinski definition) is 3. The number of amides is 3. The summed E-state index contributed by atoms with van der Waals surface area (Å²) in [4.78, 5) is 30.6. The van der Waals surface area contributed by atoms with E-state index in [0.29, 0.717) is 24.3 Å². The summed E-state index contributed by atoms with van der Waals surface area (Å²) in [5.41, 5.74) is 1.30. The predicted molar refractivity (Wildman–Crippen MR) is 96.4 cm³/mol. The van der Waals surface area contributed by atoms with Crippen LogP contribution >= 0.6 is 0 Å². The molecule has 1 aliphatic rings. The van der Waals surface area contributed by atoms with Gasteiger partial charge in [0.05, 0.1) is 17.9 Å². The Bertz CT molecular complexity index is 706. The van der Waals surface area contributed by atoms with Gasteiger partial charge in [-0.1, -0.05) is 18.2 Å². The van der Waals surface area contributed by atoms with Crippen LogP contribution in [-0.4, -0.2) is 41.0 Å². The first kappa shape index (κ1) is 17.0. The molecule has 3 amide bonds.